The summed E-state index contributed by atoms with van der Waals surface area (Å²) in [7, 11) is 0. The van der Waals surface area contributed by atoms with Gasteiger partial charge in [0.1, 0.15) is 4.60 Å². The zero-order valence-corrected chi connectivity index (χ0v) is 8.04. The van der Waals surface area contributed by atoms with Gasteiger partial charge in [-0.25, -0.2) is 4.98 Å². The van der Waals surface area contributed by atoms with Crippen molar-refractivity contribution < 1.29 is 9.59 Å². The summed E-state index contributed by atoms with van der Waals surface area (Å²) in [6, 6.07) is 3.21. The van der Waals surface area contributed by atoms with Crippen molar-refractivity contribution >= 4 is 28.2 Å². The smallest absolute Gasteiger partial charge is 0.272 e. The van der Waals surface area contributed by atoms with Crippen LogP contribution in [0.1, 0.15) is 10.4 Å². The number of aromatic nitrogens is 1. The zero-order chi connectivity index (χ0) is 9.68. The van der Waals surface area contributed by atoms with Crippen LogP contribution >= 0.6 is 15.9 Å². The second-order valence-electron chi connectivity index (χ2n) is 2.06. The third-order valence-electron chi connectivity index (χ3n) is 1.25. The van der Waals surface area contributed by atoms with Crippen LogP contribution in [0.15, 0.2) is 22.9 Å². The van der Waals surface area contributed by atoms with Crippen molar-refractivity contribution in [2.45, 2.75) is 0 Å². The summed E-state index contributed by atoms with van der Waals surface area (Å²) in [5.41, 5.74) is 4.57. The molecule has 1 rings (SSSR count). The molecule has 1 aromatic rings. The predicted octanol–water partition coefficient (Wildman–Crippen LogP) is 0.235. The monoisotopic (exact) mass is 243 g/mol. The molecule has 0 saturated carbocycles. The fourth-order valence-corrected chi connectivity index (χ4v) is 1.15. The van der Waals surface area contributed by atoms with E-state index in [0.29, 0.717) is 16.6 Å². The van der Waals surface area contributed by atoms with Crippen molar-refractivity contribution in [3.63, 3.8) is 0 Å². The Morgan fingerprint density at radius 2 is 2.38 bits per heavy atom. The van der Waals surface area contributed by atoms with Crippen LogP contribution in [0.2, 0.25) is 0 Å². The highest BCUT2D eigenvalue weighted by Crippen LogP contribution is 2.11. The first-order valence-corrected chi connectivity index (χ1v) is 4.15. The summed E-state index contributed by atoms with van der Waals surface area (Å²) in [4.78, 5) is 24.9. The van der Waals surface area contributed by atoms with Crippen LogP contribution in [0, 0.1) is 0 Å². The number of nitrogens with one attached hydrogen (secondary N) is 2. The van der Waals surface area contributed by atoms with Gasteiger partial charge >= 0.3 is 0 Å². The van der Waals surface area contributed by atoms with Gasteiger partial charge in [-0.15, -0.1) is 0 Å². The molecule has 68 valence electrons. The summed E-state index contributed by atoms with van der Waals surface area (Å²) in [6.07, 6.45) is 1.93. The van der Waals surface area contributed by atoms with E-state index in [2.05, 4.69) is 26.3 Å². The summed E-state index contributed by atoms with van der Waals surface area (Å²) >= 11 is 3.10. The number of amides is 2. The first kappa shape index (κ1) is 9.66. The molecule has 6 heteroatoms. The van der Waals surface area contributed by atoms with Crippen molar-refractivity contribution in [3.8, 4) is 0 Å². The molecule has 5 nitrogen and oxygen atoms in total. The number of hydrazine groups is 1. The average molecular weight is 244 g/mol. The molecule has 1 heterocycles. The number of hydrogen-bond acceptors (Lipinski definition) is 3. The number of rotatable bonds is 3. The second-order valence-corrected chi connectivity index (χ2v) is 2.81. The van der Waals surface area contributed by atoms with E-state index in [-0.39, 0.29) is 0 Å². The van der Waals surface area contributed by atoms with E-state index in [1.165, 1.54) is 0 Å². The van der Waals surface area contributed by atoms with Gasteiger partial charge < -0.3 is 0 Å². The maximum absolute atomic E-state index is 11.2. The summed E-state index contributed by atoms with van der Waals surface area (Å²) < 4.78 is 0.431. The lowest BCUT2D eigenvalue weighted by Gasteiger charge is -2.03. The minimum atomic E-state index is -0.424. The molecule has 2 N–H and O–H groups in total. The second kappa shape index (κ2) is 4.56. The van der Waals surface area contributed by atoms with Gasteiger partial charge in [0.25, 0.3) is 5.91 Å². The minimum absolute atomic E-state index is 0.358. The van der Waals surface area contributed by atoms with Gasteiger partial charge in [-0.3, -0.25) is 20.4 Å². The number of pyridine rings is 1. The molecule has 1 aromatic heterocycles. The molecular formula is C7H6BrN3O2. The molecule has 0 atom stereocenters. The number of hydrogen-bond donors (Lipinski definition) is 2. The Morgan fingerprint density at radius 3 is 3.00 bits per heavy atom. The molecule has 0 fully saturated rings. The SMILES string of the molecule is O=CNNC(=O)c1cccnc1Br. The summed E-state index contributed by atoms with van der Waals surface area (Å²) in [6.45, 7) is 0. The van der Waals surface area contributed by atoms with Crippen LogP contribution in [0.4, 0.5) is 0 Å². The lowest BCUT2D eigenvalue weighted by Crippen LogP contribution is -2.36. The van der Waals surface area contributed by atoms with Crippen LogP contribution in [0.3, 0.4) is 0 Å². The lowest BCUT2D eigenvalue weighted by molar-refractivity contribution is -0.110. The van der Waals surface area contributed by atoms with Crippen molar-refractivity contribution in [1.29, 1.82) is 0 Å². The van der Waals surface area contributed by atoms with Crippen LogP contribution < -0.4 is 10.9 Å². The topological polar surface area (TPSA) is 71.1 Å². The fraction of sp³-hybridized carbons (Fsp3) is 0. The Bertz CT molecular complexity index is 329. The molecule has 0 aliphatic carbocycles. The van der Waals surface area contributed by atoms with Crippen molar-refractivity contribution in [3.05, 3.63) is 28.5 Å². The van der Waals surface area contributed by atoms with Gasteiger partial charge in [-0.1, -0.05) is 0 Å². The highest BCUT2D eigenvalue weighted by atomic mass is 79.9. The highest BCUT2D eigenvalue weighted by Gasteiger charge is 2.08. The van der Waals surface area contributed by atoms with Gasteiger partial charge in [0.2, 0.25) is 6.41 Å². The molecule has 13 heavy (non-hydrogen) atoms. The van der Waals surface area contributed by atoms with Crippen LogP contribution in [0.25, 0.3) is 0 Å². The number of halogens is 1. The maximum Gasteiger partial charge on any atom is 0.272 e. The first-order chi connectivity index (χ1) is 6.25. The van der Waals surface area contributed by atoms with Gasteiger partial charge in [-0.05, 0) is 28.1 Å². The van der Waals surface area contributed by atoms with Gasteiger partial charge in [0.15, 0.2) is 0 Å². The molecule has 0 unspecified atom stereocenters. The predicted molar refractivity (Wildman–Crippen MR) is 48.6 cm³/mol. The number of nitrogens with zero attached hydrogens (tertiary/aromatic N) is 1. The van der Waals surface area contributed by atoms with Gasteiger partial charge in [0.05, 0.1) is 5.56 Å². The van der Waals surface area contributed by atoms with Gasteiger partial charge in [0, 0.05) is 6.20 Å². The largest absolute Gasteiger partial charge is 0.277 e. The first-order valence-electron chi connectivity index (χ1n) is 3.35. The molecule has 0 aliphatic heterocycles. The molecule has 0 bridgehead atoms. The number of carbonyl (C=O) groups excluding carboxylic acids is 2. The van der Waals surface area contributed by atoms with Crippen LogP contribution in [-0.4, -0.2) is 17.3 Å². The Kier molecular flexibility index (Phi) is 3.39. The van der Waals surface area contributed by atoms with Crippen LogP contribution in [0.5, 0.6) is 0 Å². The lowest BCUT2D eigenvalue weighted by atomic mass is 10.3. The van der Waals surface area contributed by atoms with Crippen LogP contribution in [-0.2, 0) is 4.79 Å². The Balaban J connectivity index is 2.76. The van der Waals surface area contributed by atoms with E-state index in [0.717, 1.165) is 0 Å². The quantitative estimate of drug-likeness (QED) is 0.454. The number of carbonyl (C=O) groups is 2. The maximum atomic E-state index is 11.2. The van der Waals surface area contributed by atoms with E-state index in [1.807, 2.05) is 5.43 Å². The molecule has 0 aromatic carbocycles. The van der Waals surface area contributed by atoms with E-state index in [9.17, 15) is 9.59 Å². The molecular weight excluding hydrogens is 238 g/mol. The summed E-state index contributed by atoms with van der Waals surface area (Å²) in [5.74, 6) is -0.424. The molecule has 0 spiro atoms. The molecule has 2 amide bonds. The molecule has 0 saturated heterocycles. The van der Waals surface area contributed by atoms with E-state index >= 15 is 0 Å². The third kappa shape index (κ3) is 2.51. The van der Waals surface area contributed by atoms with Crippen molar-refractivity contribution in [1.82, 2.24) is 15.8 Å². The van der Waals surface area contributed by atoms with Crippen molar-refractivity contribution in [2.75, 3.05) is 0 Å². The van der Waals surface area contributed by atoms with E-state index in [4.69, 9.17) is 0 Å². The summed E-state index contributed by atoms with van der Waals surface area (Å²) in [5, 5.41) is 0. The van der Waals surface area contributed by atoms with Gasteiger partial charge in [-0.2, -0.15) is 0 Å². The standard InChI is InChI=1S/C7H6BrN3O2/c8-6-5(2-1-3-9-6)7(13)11-10-4-12/h1-4H,(H,10,12)(H,11,13). The Hall–Kier alpha value is -1.43. The Labute approximate surface area is 82.6 Å². The van der Waals surface area contributed by atoms with E-state index in [1.54, 1.807) is 18.3 Å². The minimum Gasteiger partial charge on any atom is -0.277 e. The normalized spacial score (nSPS) is 9.00. The fourth-order valence-electron chi connectivity index (χ4n) is 0.718. The average Bonchev–Trinajstić information content (AvgIpc) is 2.15. The van der Waals surface area contributed by atoms with Crippen molar-refractivity contribution in [2.24, 2.45) is 0 Å². The highest BCUT2D eigenvalue weighted by molar-refractivity contribution is 9.10. The van der Waals surface area contributed by atoms with E-state index < -0.39 is 5.91 Å². The zero-order valence-electron chi connectivity index (χ0n) is 6.45. The molecule has 0 aliphatic rings. The third-order valence-corrected chi connectivity index (χ3v) is 1.88. The molecule has 0 radical (unpaired) electrons. The Morgan fingerprint density at radius 1 is 1.62 bits per heavy atom.